The van der Waals surface area contributed by atoms with Gasteiger partial charge in [-0.2, -0.15) is 0 Å². The maximum Gasteiger partial charge on any atom is 0.220 e. The van der Waals surface area contributed by atoms with Gasteiger partial charge in [0.05, 0.1) is 11.6 Å². The Morgan fingerprint density at radius 3 is 2.67 bits per heavy atom. The largest absolute Gasteiger partial charge is 0.492 e. The molecule has 0 spiro atoms. The van der Waals surface area contributed by atoms with Crippen LogP contribution in [0.1, 0.15) is 12.8 Å². The van der Waals surface area contributed by atoms with Crippen LogP contribution in [0, 0.1) is 0 Å². The minimum Gasteiger partial charge on any atom is -0.492 e. The fraction of sp³-hybridized carbons (Fsp3) is 0.500. The Kier molecular flexibility index (Phi) is 10.6. The number of hydrogen-bond acceptors (Lipinski definition) is 3. The minimum atomic E-state index is 0. The van der Waals surface area contributed by atoms with Gasteiger partial charge in [-0.25, -0.2) is 0 Å². The van der Waals surface area contributed by atoms with Gasteiger partial charge in [-0.3, -0.25) is 4.79 Å². The molecule has 0 aromatic heterocycles. The van der Waals surface area contributed by atoms with Crippen molar-refractivity contribution in [2.45, 2.75) is 12.8 Å². The number of amides is 1. The van der Waals surface area contributed by atoms with E-state index in [1.807, 2.05) is 19.0 Å². The molecule has 0 fully saturated rings. The second kappa shape index (κ2) is 11.0. The fourth-order valence-corrected chi connectivity index (χ4v) is 1.98. The number of carbonyl (C=O) groups excluding carboxylic acids is 1. The molecule has 4 nitrogen and oxygen atoms in total. The Labute approximate surface area is 142 Å². The SMILES string of the molecule is CN(C)CCNC(=O)CCCOc1ccc(Cl)cc1Cl.Cl. The summed E-state index contributed by atoms with van der Waals surface area (Å²) in [6.07, 6.45) is 1.09. The number of benzene rings is 1. The van der Waals surface area contributed by atoms with Crippen LogP contribution >= 0.6 is 35.6 Å². The van der Waals surface area contributed by atoms with Crippen LogP contribution in [0.2, 0.25) is 10.0 Å². The normalized spacial score (nSPS) is 10.1. The smallest absolute Gasteiger partial charge is 0.220 e. The third-order valence-electron chi connectivity index (χ3n) is 2.58. The number of rotatable bonds is 8. The molecule has 0 saturated heterocycles. The monoisotopic (exact) mass is 354 g/mol. The Morgan fingerprint density at radius 1 is 1.33 bits per heavy atom. The zero-order chi connectivity index (χ0) is 15.0. The van der Waals surface area contributed by atoms with Crippen molar-refractivity contribution in [3.05, 3.63) is 28.2 Å². The van der Waals surface area contributed by atoms with Crippen LogP contribution in [-0.2, 0) is 4.79 Å². The molecule has 0 atom stereocenters. The maximum absolute atomic E-state index is 11.5. The lowest BCUT2D eigenvalue weighted by Crippen LogP contribution is -2.31. The summed E-state index contributed by atoms with van der Waals surface area (Å²) in [5.41, 5.74) is 0. The van der Waals surface area contributed by atoms with Gasteiger partial charge in [0.25, 0.3) is 0 Å². The van der Waals surface area contributed by atoms with E-state index in [9.17, 15) is 4.79 Å². The summed E-state index contributed by atoms with van der Waals surface area (Å²) in [6, 6.07) is 5.07. The molecule has 0 aliphatic heterocycles. The van der Waals surface area contributed by atoms with Gasteiger partial charge in [0.15, 0.2) is 0 Å². The third kappa shape index (κ3) is 9.04. The molecule has 0 bridgehead atoms. The molecule has 21 heavy (non-hydrogen) atoms. The molecule has 1 amide bonds. The van der Waals surface area contributed by atoms with Gasteiger partial charge in [0.2, 0.25) is 5.91 Å². The van der Waals surface area contributed by atoms with Crippen molar-refractivity contribution in [1.82, 2.24) is 10.2 Å². The molecule has 0 radical (unpaired) electrons. The molecular weight excluding hydrogens is 335 g/mol. The quantitative estimate of drug-likeness (QED) is 0.728. The standard InChI is InChI=1S/C14H20Cl2N2O2.ClH/c1-18(2)8-7-17-14(19)4-3-9-20-13-6-5-11(15)10-12(13)16;/h5-6,10H,3-4,7-9H2,1-2H3,(H,17,19);1H. The lowest BCUT2D eigenvalue weighted by molar-refractivity contribution is -0.121. The van der Waals surface area contributed by atoms with Crippen LogP contribution in [0.5, 0.6) is 5.75 Å². The van der Waals surface area contributed by atoms with Gasteiger partial charge in [-0.1, -0.05) is 23.2 Å². The summed E-state index contributed by atoms with van der Waals surface area (Å²) >= 11 is 11.8. The summed E-state index contributed by atoms with van der Waals surface area (Å²) in [5.74, 6) is 0.627. The highest BCUT2D eigenvalue weighted by Gasteiger charge is 2.04. The number of ether oxygens (including phenoxy) is 1. The van der Waals surface area contributed by atoms with E-state index in [1.165, 1.54) is 0 Å². The zero-order valence-electron chi connectivity index (χ0n) is 12.2. The van der Waals surface area contributed by atoms with Crippen LogP contribution in [-0.4, -0.2) is 44.6 Å². The molecule has 1 aromatic carbocycles. The van der Waals surface area contributed by atoms with E-state index in [0.717, 1.165) is 6.54 Å². The average Bonchev–Trinajstić information content (AvgIpc) is 2.36. The van der Waals surface area contributed by atoms with Crippen molar-refractivity contribution in [2.75, 3.05) is 33.8 Å². The Hall–Kier alpha value is -0.680. The van der Waals surface area contributed by atoms with Crippen LogP contribution in [0.15, 0.2) is 18.2 Å². The third-order valence-corrected chi connectivity index (χ3v) is 3.11. The molecule has 0 unspecified atom stereocenters. The summed E-state index contributed by atoms with van der Waals surface area (Å²) in [5, 5.41) is 3.90. The Balaban J connectivity index is 0.00000400. The minimum absolute atomic E-state index is 0. The number of likely N-dealkylation sites (N-methyl/N-ethyl adjacent to an activating group) is 1. The van der Waals surface area contributed by atoms with Gasteiger partial charge in [0, 0.05) is 24.5 Å². The van der Waals surface area contributed by atoms with Gasteiger partial charge in [-0.05, 0) is 38.7 Å². The first kappa shape index (κ1) is 20.3. The first-order valence-corrected chi connectivity index (χ1v) is 7.24. The molecule has 1 rings (SSSR count). The molecular formula is C14H21Cl3N2O2. The highest BCUT2D eigenvalue weighted by molar-refractivity contribution is 6.35. The number of nitrogens with zero attached hydrogens (tertiary/aromatic N) is 1. The van der Waals surface area contributed by atoms with Crippen LogP contribution in [0.4, 0.5) is 0 Å². The first-order chi connectivity index (χ1) is 9.49. The molecule has 1 N–H and O–H groups in total. The van der Waals surface area contributed by atoms with Crippen molar-refractivity contribution >= 4 is 41.5 Å². The van der Waals surface area contributed by atoms with Crippen molar-refractivity contribution in [2.24, 2.45) is 0 Å². The fourth-order valence-electron chi connectivity index (χ4n) is 1.51. The second-order valence-electron chi connectivity index (χ2n) is 4.68. The zero-order valence-corrected chi connectivity index (χ0v) is 14.5. The lowest BCUT2D eigenvalue weighted by Gasteiger charge is -2.11. The van der Waals surface area contributed by atoms with E-state index in [-0.39, 0.29) is 18.3 Å². The van der Waals surface area contributed by atoms with E-state index in [4.69, 9.17) is 27.9 Å². The van der Waals surface area contributed by atoms with Crippen molar-refractivity contribution in [1.29, 1.82) is 0 Å². The maximum atomic E-state index is 11.5. The number of carbonyl (C=O) groups is 1. The Bertz CT molecular complexity index is 442. The highest BCUT2D eigenvalue weighted by atomic mass is 35.5. The Morgan fingerprint density at radius 2 is 2.05 bits per heavy atom. The number of halogens is 3. The molecule has 0 aliphatic carbocycles. The molecule has 7 heteroatoms. The molecule has 0 saturated carbocycles. The predicted octanol–water partition coefficient (Wildman–Crippen LogP) is 3.25. The second-order valence-corrected chi connectivity index (χ2v) is 5.52. The average molecular weight is 356 g/mol. The first-order valence-electron chi connectivity index (χ1n) is 6.48. The van der Waals surface area contributed by atoms with E-state index >= 15 is 0 Å². The summed E-state index contributed by atoms with van der Waals surface area (Å²) < 4.78 is 5.51. The van der Waals surface area contributed by atoms with Gasteiger partial charge in [-0.15, -0.1) is 12.4 Å². The van der Waals surface area contributed by atoms with Crippen molar-refractivity contribution in [3.8, 4) is 5.75 Å². The van der Waals surface area contributed by atoms with Crippen LogP contribution in [0.3, 0.4) is 0 Å². The number of hydrogen-bond donors (Lipinski definition) is 1. The molecule has 0 heterocycles. The van der Waals surface area contributed by atoms with E-state index in [1.54, 1.807) is 18.2 Å². The van der Waals surface area contributed by atoms with E-state index in [0.29, 0.717) is 41.8 Å². The summed E-state index contributed by atoms with van der Waals surface area (Å²) in [4.78, 5) is 13.5. The van der Waals surface area contributed by atoms with Gasteiger partial charge < -0.3 is 15.0 Å². The predicted molar refractivity (Wildman–Crippen MR) is 90.0 cm³/mol. The highest BCUT2D eigenvalue weighted by Crippen LogP contribution is 2.27. The van der Waals surface area contributed by atoms with E-state index < -0.39 is 0 Å². The van der Waals surface area contributed by atoms with Crippen LogP contribution < -0.4 is 10.1 Å². The van der Waals surface area contributed by atoms with Gasteiger partial charge >= 0.3 is 0 Å². The van der Waals surface area contributed by atoms with E-state index in [2.05, 4.69) is 5.32 Å². The molecule has 0 aliphatic rings. The topological polar surface area (TPSA) is 41.6 Å². The molecule has 120 valence electrons. The molecule has 1 aromatic rings. The summed E-state index contributed by atoms with van der Waals surface area (Å²) in [7, 11) is 3.94. The van der Waals surface area contributed by atoms with Crippen LogP contribution in [0.25, 0.3) is 0 Å². The lowest BCUT2D eigenvalue weighted by atomic mass is 10.3. The van der Waals surface area contributed by atoms with Crippen molar-refractivity contribution in [3.63, 3.8) is 0 Å². The van der Waals surface area contributed by atoms with Crippen molar-refractivity contribution < 1.29 is 9.53 Å². The summed E-state index contributed by atoms with van der Waals surface area (Å²) in [6.45, 7) is 1.95. The number of nitrogens with one attached hydrogen (secondary N) is 1. The van der Waals surface area contributed by atoms with Gasteiger partial charge in [0.1, 0.15) is 5.75 Å².